The number of carbonyl (C=O) groups excluding carboxylic acids is 4. The number of para-hydroxylation sites is 2. The van der Waals surface area contributed by atoms with E-state index >= 15 is 0 Å². The lowest BCUT2D eigenvalue weighted by atomic mass is 9.78. The van der Waals surface area contributed by atoms with Gasteiger partial charge in [-0.05, 0) is 79.7 Å². The van der Waals surface area contributed by atoms with Gasteiger partial charge in [-0.2, -0.15) is 0 Å². The topological polar surface area (TPSA) is 117 Å². The molecule has 0 unspecified atom stereocenters. The number of piperidine rings is 2. The molecule has 4 rings (SSSR count). The van der Waals surface area contributed by atoms with Crippen LogP contribution in [0.4, 0.5) is 21.0 Å². The first-order valence-electron chi connectivity index (χ1n) is 16.1. The maximum absolute atomic E-state index is 13.3. The van der Waals surface area contributed by atoms with Crippen LogP contribution in [0.2, 0.25) is 0 Å². The quantitative estimate of drug-likeness (QED) is 0.308. The Balaban J connectivity index is 1.28. The largest absolute Gasteiger partial charge is 0.462 e. The number of urea groups is 2. The van der Waals surface area contributed by atoms with Crippen LogP contribution < -0.4 is 10.6 Å². The fourth-order valence-corrected chi connectivity index (χ4v) is 7.74. The van der Waals surface area contributed by atoms with Gasteiger partial charge in [0.1, 0.15) is 12.2 Å². The van der Waals surface area contributed by atoms with E-state index in [-0.39, 0.29) is 24.9 Å². The van der Waals surface area contributed by atoms with E-state index in [1.165, 1.54) is 0 Å². The second-order valence-corrected chi connectivity index (χ2v) is 15.1. The van der Waals surface area contributed by atoms with Crippen LogP contribution in [0.25, 0.3) is 0 Å². The highest BCUT2D eigenvalue weighted by molar-refractivity contribution is 5.91. The number of likely N-dealkylation sites (tertiary alicyclic amines) is 2. The minimum Gasteiger partial charge on any atom is -0.462 e. The number of carbonyl (C=O) groups is 4. The van der Waals surface area contributed by atoms with E-state index in [1.807, 2.05) is 126 Å². The van der Waals surface area contributed by atoms with Gasteiger partial charge in [0.2, 0.25) is 0 Å². The lowest BCUT2D eigenvalue weighted by Crippen LogP contribution is -2.65. The summed E-state index contributed by atoms with van der Waals surface area (Å²) < 4.78 is 11.7. The van der Waals surface area contributed by atoms with Crippen molar-refractivity contribution >= 4 is 35.4 Å². The molecule has 4 amide bonds. The minimum absolute atomic E-state index is 0.0977. The van der Waals surface area contributed by atoms with Crippen molar-refractivity contribution in [1.82, 2.24) is 9.80 Å². The Morgan fingerprint density at radius 2 is 0.848 bits per heavy atom. The molecule has 0 spiro atoms. The number of hydrogen-bond donors (Lipinski definition) is 2. The molecule has 2 saturated heterocycles. The Labute approximate surface area is 273 Å². The summed E-state index contributed by atoms with van der Waals surface area (Å²) in [7, 11) is 0. The van der Waals surface area contributed by atoms with Crippen molar-refractivity contribution in [3.8, 4) is 0 Å². The molecule has 46 heavy (non-hydrogen) atoms. The average Bonchev–Trinajstić information content (AvgIpc) is 2.90. The molecular weight excluding hydrogens is 584 g/mol. The van der Waals surface area contributed by atoms with Crippen LogP contribution in [0.1, 0.15) is 93.9 Å². The molecule has 2 aromatic carbocycles. The molecule has 0 aliphatic carbocycles. The van der Waals surface area contributed by atoms with Crippen molar-refractivity contribution in [2.45, 2.75) is 128 Å². The van der Waals surface area contributed by atoms with Crippen LogP contribution in [0.3, 0.4) is 0 Å². The average molecular weight is 635 g/mol. The van der Waals surface area contributed by atoms with Gasteiger partial charge in [0, 0.05) is 59.2 Å². The molecule has 10 nitrogen and oxygen atoms in total. The van der Waals surface area contributed by atoms with Gasteiger partial charge in [0.15, 0.2) is 0 Å². The van der Waals surface area contributed by atoms with Gasteiger partial charge in [0.25, 0.3) is 0 Å². The van der Waals surface area contributed by atoms with Gasteiger partial charge in [-0.15, -0.1) is 0 Å². The van der Waals surface area contributed by atoms with E-state index in [4.69, 9.17) is 9.47 Å². The summed E-state index contributed by atoms with van der Waals surface area (Å²) in [4.78, 5) is 56.0. The molecule has 2 N–H and O–H groups in total. The maximum atomic E-state index is 13.3. The number of nitrogens with one attached hydrogen (secondary N) is 2. The predicted octanol–water partition coefficient (Wildman–Crippen LogP) is 7.36. The summed E-state index contributed by atoms with van der Waals surface area (Å²) in [5.41, 5.74) is -0.918. The predicted molar refractivity (Wildman–Crippen MR) is 178 cm³/mol. The Bertz CT molecular complexity index is 1260. The Morgan fingerprint density at radius 1 is 0.565 bits per heavy atom. The highest BCUT2D eigenvalue weighted by Gasteiger charge is 2.50. The molecule has 2 heterocycles. The van der Waals surface area contributed by atoms with E-state index < -0.39 is 46.3 Å². The zero-order valence-electron chi connectivity index (χ0n) is 28.5. The lowest BCUT2D eigenvalue weighted by molar-refractivity contribution is -0.164. The Morgan fingerprint density at radius 3 is 1.13 bits per heavy atom. The molecule has 0 aromatic heterocycles. The van der Waals surface area contributed by atoms with Gasteiger partial charge in [-0.3, -0.25) is 9.59 Å². The third kappa shape index (κ3) is 8.39. The molecule has 2 aliphatic heterocycles. The van der Waals surface area contributed by atoms with Crippen LogP contribution >= 0.6 is 0 Å². The molecule has 10 heteroatoms. The highest BCUT2D eigenvalue weighted by Crippen LogP contribution is 2.41. The van der Waals surface area contributed by atoms with E-state index in [0.717, 1.165) is 0 Å². The van der Waals surface area contributed by atoms with Crippen LogP contribution in [-0.4, -0.2) is 68.2 Å². The minimum atomic E-state index is -0.586. The SMILES string of the molecule is CC1(C)CC(OC(=O)CCC(=O)OC2CC(C)(C)N(C(=O)Nc3ccccc3)C(C)(C)C2)CC(C)(C)N1C(=O)Nc1ccccc1. The van der Waals surface area contributed by atoms with Gasteiger partial charge in [-0.1, -0.05) is 36.4 Å². The van der Waals surface area contributed by atoms with E-state index in [0.29, 0.717) is 37.1 Å². The number of ether oxygens (including phenoxy) is 2. The van der Waals surface area contributed by atoms with E-state index in [9.17, 15) is 19.2 Å². The molecule has 250 valence electrons. The van der Waals surface area contributed by atoms with Crippen molar-refractivity contribution in [2.75, 3.05) is 10.6 Å². The molecule has 0 bridgehead atoms. The van der Waals surface area contributed by atoms with E-state index in [1.54, 1.807) is 0 Å². The van der Waals surface area contributed by atoms with Crippen LogP contribution in [0.15, 0.2) is 60.7 Å². The smallest absolute Gasteiger partial charge is 0.322 e. The third-order valence-electron chi connectivity index (χ3n) is 8.92. The fourth-order valence-electron chi connectivity index (χ4n) is 7.74. The molecule has 0 radical (unpaired) electrons. The van der Waals surface area contributed by atoms with Crippen LogP contribution in [-0.2, 0) is 19.1 Å². The first kappa shape index (κ1) is 34.8. The van der Waals surface area contributed by atoms with Crippen molar-refractivity contribution < 1.29 is 28.7 Å². The van der Waals surface area contributed by atoms with Crippen molar-refractivity contribution in [1.29, 1.82) is 0 Å². The Hall–Kier alpha value is -4.08. The first-order chi connectivity index (χ1) is 21.4. The summed E-state index contributed by atoms with van der Waals surface area (Å²) in [6, 6.07) is 18.2. The molecule has 2 fully saturated rings. The monoisotopic (exact) mass is 634 g/mol. The molecular formula is C36H50N4O6. The summed E-state index contributed by atoms with van der Waals surface area (Å²) in [6.45, 7) is 15.7. The molecule has 2 aliphatic rings. The Kier molecular flexibility index (Phi) is 10.1. The normalized spacial score (nSPS) is 20.3. The summed E-state index contributed by atoms with van der Waals surface area (Å²) in [5, 5.41) is 5.96. The summed E-state index contributed by atoms with van der Waals surface area (Å²) in [5.74, 6) is -0.937. The number of esters is 2. The lowest BCUT2D eigenvalue weighted by Gasteiger charge is -2.54. The van der Waals surface area contributed by atoms with Crippen molar-refractivity contribution in [2.24, 2.45) is 0 Å². The first-order valence-corrected chi connectivity index (χ1v) is 16.1. The van der Waals surface area contributed by atoms with Crippen molar-refractivity contribution in [3.63, 3.8) is 0 Å². The number of benzene rings is 2. The number of nitrogens with zero attached hydrogens (tertiary/aromatic N) is 2. The summed E-state index contributed by atoms with van der Waals surface area (Å²) >= 11 is 0. The maximum Gasteiger partial charge on any atom is 0.322 e. The zero-order valence-corrected chi connectivity index (χ0v) is 28.5. The highest BCUT2D eigenvalue weighted by atomic mass is 16.6. The number of rotatable bonds is 7. The number of hydrogen-bond acceptors (Lipinski definition) is 6. The van der Waals surface area contributed by atoms with Gasteiger partial charge < -0.3 is 29.9 Å². The molecule has 0 atom stereocenters. The van der Waals surface area contributed by atoms with E-state index in [2.05, 4.69) is 10.6 Å². The number of amides is 4. The van der Waals surface area contributed by atoms with Crippen molar-refractivity contribution in [3.05, 3.63) is 60.7 Å². The van der Waals surface area contributed by atoms with Crippen LogP contribution in [0.5, 0.6) is 0 Å². The number of anilines is 2. The second-order valence-electron chi connectivity index (χ2n) is 15.1. The van der Waals surface area contributed by atoms with Crippen LogP contribution in [0, 0.1) is 0 Å². The third-order valence-corrected chi connectivity index (χ3v) is 8.92. The van der Waals surface area contributed by atoms with Gasteiger partial charge in [0.05, 0.1) is 12.8 Å². The standard InChI is InChI=1S/C36H50N4O6/c1-33(2)21-27(22-34(3,4)39(33)31(43)37-25-15-11-9-12-16-25)45-29(41)19-20-30(42)46-28-23-35(5,6)40(36(7,8)24-28)32(44)38-26-17-13-10-14-18-26/h9-18,27-28H,19-24H2,1-8H3,(H,37,43)(H,38,44). The molecule has 2 aromatic rings. The van der Waals surface area contributed by atoms with Gasteiger partial charge >= 0.3 is 24.0 Å². The molecule has 0 saturated carbocycles. The second kappa shape index (κ2) is 13.3. The fraction of sp³-hybridized carbons (Fsp3) is 0.556. The zero-order chi connectivity index (χ0) is 33.9. The summed E-state index contributed by atoms with van der Waals surface area (Å²) in [6.07, 6.45) is 0.874. The van der Waals surface area contributed by atoms with Gasteiger partial charge in [-0.25, -0.2) is 9.59 Å².